The van der Waals surface area contributed by atoms with Crippen LogP contribution >= 0.6 is 11.3 Å². The fourth-order valence-electron chi connectivity index (χ4n) is 4.35. The summed E-state index contributed by atoms with van der Waals surface area (Å²) < 4.78 is 6.68. The van der Waals surface area contributed by atoms with Gasteiger partial charge in [-0.2, -0.15) is 0 Å². The molecule has 0 atom stereocenters. The van der Waals surface area contributed by atoms with E-state index in [0.29, 0.717) is 18.5 Å². The van der Waals surface area contributed by atoms with E-state index >= 15 is 0 Å². The Morgan fingerprint density at radius 1 is 1.03 bits per heavy atom. The zero-order valence-corrected chi connectivity index (χ0v) is 21.6. The number of benzene rings is 2. The first-order valence-corrected chi connectivity index (χ1v) is 13.1. The Balaban J connectivity index is 1.41. The number of rotatable bonds is 8. The van der Waals surface area contributed by atoms with Crippen LogP contribution in [0.3, 0.4) is 0 Å². The van der Waals surface area contributed by atoms with Gasteiger partial charge in [0, 0.05) is 29.7 Å². The molecule has 0 saturated carbocycles. The number of hydrogen-bond donors (Lipinski definition) is 3. The molecule has 1 aliphatic heterocycles. The van der Waals surface area contributed by atoms with Crippen molar-refractivity contribution in [2.24, 2.45) is 0 Å². The molecule has 2 amide bonds. The third-order valence-electron chi connectivity index (χ3n) is 6.51. The Labute approximate surface area is 216 Å². The van der Waals surface area contributed by atoms with Gasteiger partial charge in [0.1, 0.15) is 6.10 Å². The summed E-state index contributed by atoms with van der Waals surface area (Å²) in [6.45, 7) is 1.95. The number of piperidine rings is 1. The largest absolute Gasteiger partial charge is 0.446 e. The molecule has 3 aromatic rings. The van der Waals surface area contributed by atoms with Crippen LogP contribution in [0.25, 0.3) is 11.1 Å². The van der Waals surface area contributed by atoms with Gasteiger partial charge in [-0.3, -0.25) is 10.1 Å². The van der Waals surface area contributed by atoms with Crippen molar-refractivity contribution in [3.8, 4) is 11.1 Å². The molecule has 8 heteroatoms. The molecule has 0 aliphatic carbocycles. The lowest BCUT2D eigenvalue weighted by atomic mass is 9.99. The summed E-state index contributed by atoms with van der Waals surface area (Å²) in [6, 6.07) is 19.3. The van der Waals surface area contributed by atoms with Crippen LogP contribution in [0.15, 0.2) is 60.7 Å². The molecule has 36 heavy (non-hydrogen) atoms. The van der Waals surface area contributed by atoms with E-state index in [1.165, 1.54) is 11.3 Å². The molecule has 3 N–H and O–H groups in total. The van der Waals surface area contributed by atoms with Crippen molar-refractivity contribution in [2.75, 3.05) is 37.8 Å². The summed E-state index contributed by atoms with van der Waals surface area (Å²) in [4.78, 5) is 26.0. The number of aliphatic hydroxyl groups excluding tert-OH is 1. The van der Waals surface area contributed by atoms with E-state index in [1.807, 2.05) is 48.5 Å². The number of aryl methyl sites for hydroxylation is 1. The lowest BCUT2D eigenvalue weighted by Gasteiger charge is -2.36. The number of likely N-dealkylation sites (tertiary alicyclic amines) is 1. The molecule has 2 heterocycles. The predicted octanol–water partition coefficient (Wildman–Crippen LogP) is 5.27. The molecule has 0 spiro atoms. The number of hydrogen-bond acceptors (Lipinski definition) is 5. The molecular formula is C28H34N3O4S+. The molecule has 2 aromatic carbocycles. The second-order valence-electron chi connectivity index (χ2n) is 9.83. The number of nitrogens with one attached hydrogen (secondary N) is 2. The van der Waals surface area contributed by atoms with Crippen molar-refractivity contribution < 1.29 is 23.9 Å². The van der Waals surface area contributed by atoms with E-state index in [4.69, 9.17) is 4.74 Å². The maximum absolute atomic E-state index is 12.7. The van der Waals surface area contributed by atoms with E-state index in [-0.39, 0.29) is 18.6 Å². The summed E-state index contributed by atoms with van der Waals surface area (Å²) in [5.74, 6) is -0.0809. The van der Waals surface area contributed by atoms with Gasteiger partial charge in [-0.25, -0.2) is 4.79 Å². The molecule has 4 rings (SSSR count). The molecule has 1 fully saturated rings. The molecule has 0 unspecified atom stereocenters. The van der Waals surface area contributed by atoms with Gasteiger partial charge in [-0.1, -0.05) is 36.4 Å². The topological polar surface area (TPSA) is 87.7 Å². The van der Waals surface area contributed by atoms with Gasteiger partial charge in [-0.05, 0) is 41.8 Å². The number of aliphatic hydroxyl groups is 1. The number of quaternary nitrogens is 1. The molecule has 7 nitrogen and oxygen atoms in total. The van der Waals surface area contributed by atoms with Crippen molar-refractivity contribution in [3.05, 3.63) is 71.1 Å². The van der Waals surface area contributed by atoms with E-state index in [1.54, 1.807) is 12.1 Å². The van der Waals surface area contributed by atoms with E-state index in [9.17, 15) is 14.7 Å². The minimum atomic E-state index is -0.435. The van der Waals surface area contributed by atoms with Gasteiger partial charge in [-0.15, -0.1) is 11.3 Å². The fourth-order valence-corrected chi connectivity index (χ4v) is 5.14. The van der Waals surface area contributed by atoms with Crippen molar-refractivity contribution >= 4 is 34.0 Å². The van der Waals surface area contributed by atoms with Crippen molar-refractivity contribution in [1.29, 1.82) is 0 Å². The average Bonchev–Trinajstić information content (AvgIpc) is 3.32. The van der Waals surface area contributed by atoms with Gasteiger partial charge in [0.2, 0.25) is 5.91 Å². The van der Waals surface area contributed by atoms with Gasteiger partial charge in [0.25, 0.3) is 0 Å². The predicted molar refractivity (Wildman–Crippen MR) is 144 cm³/mol. The first-order chi connectivity index (χ1) is 17.3. The van der Waals surface area contributed by atoms with Crippen molar-refractivity contribution in [3.63, 3.8) is 0 Å². The van der Waals surface area contributed by atoms with Gasteiger partial charge >= 0.3 is 6.09 Å². The Bertz CT molecular complexity index is 1180. The standard InChI is InChI=1S/C28H33N3O4S/c1-31(2)16-14-22(15-17-31)35-28(34)29-25-11-8-20(18-24(25)21-6-4-3-5-7-21)9-12-26(33)30-27-13-10-23(19-32)36-27/h3-8,10-11,13,18,22,32H,9,12,14-17,19H2,1-2H3,(H-,29,30,33,34)/p+1. The van der Waals surface area contributed by atoms with Crippen LogP contribution < -0.4 is 10.6 Å². The monoisotopic (exact) mass is 508 g/mol. The third-order valence-corrected chi connectivity index (χ3v) is 7.50. The molecular weight excluding hydrogens is 474 g/mol. The smallest absolute Gasteiger partial charge is 0.411 e. The number of thiophene rings is 1. The highest BCUT2D eigenvalue weighted by Gasteiger charge is 2.28. The zero-order chi connectivity index (χ0) is 25.5. The second-order valence-corrected chi connectivity index (χ2v) is 11.0. The van der Waals surface area contributed by atoms with Gasteiger partial charge in [0.05, 0.1) is 44.5 Å². The first kappa shape index (κ1) is 25.9. The highest BCUT2D eigenvalue weighted by molar-refractivity contribution is 7.16. The molecule has 190 valence electrons. The molecule has 1 aliphatic rings. The Kier molecular flexibility index (Phi) is 8.40. The number of nitrogens with zero attached hydrogens (tertiary/aromatic N) is 1. The highest BCUT2D eigenvalue weighted by Crippen LogP contribution is 2.30. The van der Waals surface area contributed by atoms with Crippen LogP contribution in [0.1, 0.15) is 29.7 Å². The third kappa shape index (κ3) is 7.16. The highest BCUT2D eigenvalue weighted by atomic mass is 32.1. The maximum atomic E-state index is 12.7. The summed E-state index contributed by atoms with van der Waals surface area (Å²) in [5.41, 5.74) is 3.54. The van der Waals surface area contributed by atoms with Crippen LogP contribution in [-0.4, -0.2) is 54.9 Å². The molecule has 0 radical (unpaired) electrons. The van der Waals surface area contributed by atoms with Crippen molar-refractivity contribution in [2.45, 2.75) is 38.4 Å². The molecule has 1 aromatic heterocycles. The van der Waals surface area contributed by atoms with E-state index in [0.717, 1.165) is 57.0 Å². The number of ether oxygens (including phenoxy) is 1. The minimum absolute atomic E-state index is 0.0329. The first-order valence-electron chi connectivity index (χ1n) is 12.3. The number of carbonyl (C=O) groups excluding carboxylic acids is 2. The normalized spacial score (nSPS) is 15.3. The van der Waals surface area contributed by atoms with Crippen LogP contribution in [0.5, 0.6) is 0 Å². The van der Waals surface area contributed by atoms with Crippen LogP contribution in [-0.2, 0) is 22.6 Å². The summed E-state index contributed by atoms with van der Waals surface area (Å²) in [5, 5.41) is 15.8. The van der Waals surface area contributed by atoms with Crippen LogP contribution in [0.4, 0.5) is 15.5 Å². The SMILES string of the molecule is C[N+]1(C)CCC(OC(=O)Nc2ccc(CCC(=O)Nc3ccc(CO)s3)cc2-c2ccccc2)CC1. The molecule has 1 saturated heterocycles. The van der Waals surface area contributed by atoms with Gasteiger partial charge < -0.3 is 19.6 Å². The second kappa shape index (κ2) is 11.7. The summed E-state index contributed by atoms with van der Waals surface area (Å²) in [6.07, 6.45) is 2.11. The van der Waals surface area contributed by atoms with E-state index < -0.39 is 6.09 Å². The number of carbonyl (C=O) groups is 2. The molecule has 0 bridgehead atoms. The summed E-state index contributed by atoms with van der Waals surface area (Å²) in [7, 11) is 4.39. The zero-order valence-electron chi connectivity index (χ0n) is 20.8. The van der Waals surface area contributed by atoms with E-state index in [2.05, 4.69) is 24.7 Å². The van der Waals surface area contributed by atoms with Crippen LogP contribution in [0, 0.1) is 0 Å². The quantitative estimate of drug-likeness (QED) is 0.362. The van der Waals surface area contributed by atoms with Gasteiger partial charge in [0.15, 0.2) is 0 Å². The lowest BCUT2D eigenvalue weighted by molar-refractivity contribution is -0.896. The minimum Gasteiger partial charge on any atom is -0.446 e. The number of anilines is 2. The average molecular weight is 509 g/mol. The number of amides is 2. The fraction of sp³-hybridized carbons (Fsp3) is 0.357. The van der Waals surface area contributed by atoms with Crippen LogP contribution in [0.2, 0.25) is 0 Å². The van der Waals surface area contributed by atoms with Crippen molar-refractivity contribution in [1.82, 2.24) is 0 Å². The lowest BCUT2D eigenvalue weighted by Crippen LogP contribution is -2.48. The Morgan fingerprint density at radius 2 is 1.78 bits per heavy atom. The maximum Gasteiger partial charge on any atom is 0.411 e. The summed E-state index contributed by atoms with van der Waals surface area (Å²) >= 11 is 1.37. The Morgan fingerprint density at radius 3 is 2.47 bits per heavy atom. The Hall–Kier alpha value is -3.20.